The molecule has 0 bridgehead atoms. The van der Waals surface area contributed by atoms with Crippen LogP contribution in [0.15, 0.2) is 78.2 Å². The predicted molar refractivity (Wildman–Crippen MR) is 130 cm³/mol. The fourth-order valence-electron chi connectivity index (χ4n) is 3.59. The van der Waals surface area contributed by atoms with E-state index in [1.54, 1.807) is 18.5 Å². The SMILES string of the molecule is O=C(CSc1nnc(-c2ccncc2)n1Cc1ccccc1)Nc1ccc2c(c1)OCCCO2. The van der Waals surface area contributed by atoms with Crippen LogP contribution in [-0.4, -0.2) is 44.6 Å². The number of carbonyl (C=O) groups is 1. The van der Waals surface area contributed by atoms with Crippen LogP contribution in [0, 0.1) is 0 Å². The average Bonchev–Trinajstić information content (AvgIpc) is 3.11. The predicted octanol–water partition coefficient (Wildman–Crippen LogP) is 4.28. The standard InChI is InChI=1S/C25H23N5O3S/c31-23(27-20-7-8-21-22(15-20)33-14-4-13-32-21)17-34-25-29-28-24(19-9-11-26-12-10-19)30(25)16-18-5-2-1-3-6-18/h1-3,5-12,15H,4,13-14,16-17H2,(H,27,31). The number of rotatable bonds is 7. The molecule has 0 spiro atoms. The van der Waals surface area contributed by atoms with Gasteiger partial charge in [-0.25, -0.2) is 0 Å². The molecule has 0 fully saturated rings. The molecular weight excluding hydrogens is 450 g/mol. The van der Waals surface area contributed by atoms with Crippen molar-refractivity contribution in [3.05, 3.63) is 78.6 Å². The molecule has 1 aliphatic rings. The van der Waals surface area contributed by atoms with Crippen LogP contribution in [0.3, 0.4) is 0 Å². The van der Waals surface area contributed by atoms with E-state index in [9.17, 15) is 4.79 Å². The molecule has 34 heavy (non-hydrogen) atoms. The lowest BCUT2D eigenvalue weighted by atomic mass is 10.2. The Morgan fingerprint density at radius 2 is 1.76 bits per heavy atom. The molecular formula is C25H23N5O3S. The highest BCUT2D eigenvalue weighted by Crippen LogP contribution is 2.32. The molecule has 9 heteroatoms. The normalized spacial score (nSPS) is 12.7. The van der Waals surface area contributed by atoms with E-state index in [2.05, 4.69) is 32.6 Å². The van der Waals surface area contributed by atoms with Gasteiger partial charge in [0.1, 0.15) is 0 Å². The lowest BCUT2D eigenvalue weighted by molar-refractivity contribution is -0.113. The maximum absolute atomic E-state index is 12.7. The topological polar surface area (TPSA) is 91.2 Å². The van der Waals surface area contributed by atoms with Gasteiger partial charge in [0.2, 0.25) is 5.91 Å². The molecule has 8 nitrogen and oxygen atoms in total. The minimum atomic E-state index is -0.140. The number of benzene rings is 2. The summed E-state index contributed by atoms with van der Waals surface area (Å²) in [7, 11) is 0. The number of nitrogens with zero attached hydrogens (tertiary/aromatic N) is 4. The molecule has 0 atom stereocenters. The summed E-state index contributed by atoms with van der Waals surface area (Å²) in [6.45, 7) is 1.81. The zero-order chi connectivity index (χ0) is 23.2. The second kappa shape index (κ2) is 10.4. The smallest absolute Gasteiger partial charge is 0.234 e. The van der Waals surface area contributed by atoms with Gasteiger partial charge in [-0.05, 0) is 29.8 Å². The van der Waals surface area contributed by atoms with E-state index in [0.717, 1.165) is 23.4 Å². The second-order valence-corrected chi connectivity index (χ2v) is 8.61. The van der Waals surface area contributed by atoms with Crippen LogP contribution >= 0.6 is 11.8 Å². The number of amides is 1. The van der Waals surface area contributed by atoms with Crippen LogP contribution in [0.25, 0.3) is 11.4 Å². The molecule has 2 aromatic heterocycles. The molecule has 2 aromatic carbocycles. The summed E-state index contributed by atoms with van der Waals surface area (Å²) in [5.74, 6) is 2.13. The van der Waals surface area contributed by atoms with Crippen molar-refractivity contribution in [1.29, 1.82) is 0 Å². The molecule has 5 rings (SSSR count). The van der Waals surface area contributed by atoms with Gasteiger partial charge < -0.3 is 14.8 Å². The fraction of sp³-hybridized carbons (Fsp3) is 0.200. The lowest BCUT2D eigenvalue weighted by Crippen LogP contribution is -2.15. The van der Waals surface area contributed by atoms with E-state index in [1.165, 1.54) is 11.8 Å². The zero-order valence-electron chi connectivity index (χ0n) is 18.4. The zero-order valence-corrected chi connectivity index (χ0v) is 19.2. The maximum atomic E-state index is 12.7. The Morgan fingerprint density at radius 1 is 0.971 bits per heavy atom. The number of thioether (sulfide) groups is 1. The average molecular weight is 474 g/mol. The summed E-state index contributed by atoms with van der Waals surface area (Å²) >= 11 is 1.35. The number of pyridine rings is 1. The Morgan fingerprint density at radius 3 is 2.59 bits per heavy atom. The van der Waals surface area contributed by atoms with Crippen LogP contribution in [0.5, 0.6) is 11.5 Å². The van der Waals surface area contributed by atoms with E-state index >= 15 is 0 Å². The van der Waals surface area contributed by atoms with Crippen molar-refractivity contribution in [3.63, 3.8) is 0 Å². The number of carbonyl (C=O) groups excluding carboxylic acids is 1. The third kappa shape index (κ3) is 5.20. The fourth-order valence-corrected chi connectivity index (χ4v) is 4.32. The van der Waals surface area contributed by atoms with Crippen molar-refractivity contribution >= 4 is 23.4 Å². The molecule has 172 valence electrons. The summed E-state index contributed by atoms with van der Waals surface area (Å²) in [4.78, 5) is 16.8. The van der Waals surface area contributed by atoms with Gasteiger partial charge in [0.15, 0.2) is 22.5 Å². The van der Waals surface area contributed by atoms with E-state index in [1.807, 2.05) is 47.0 Å². The first-order valence-electron chi connectivity index (χ1n) is 11.0. The quantitative estimate of drug-likeness (QED) is 0.401. The van der Waals surface area contributed by atoms with Crippen molar-refractivity contribution in [2.75, 3.05) is 24.3 Å². The van der Waals surface area contributed by atoms with Gasteiger partial charge in [-0.1, -0.05) is 42.1 Å². The number of anilines is 1. The van der Waals surface area contributed by atoms with E-state index in [0.29, 0.717) is 42.1 Å². The Kier molecular flexibility index (Phi) is 6.71. The van der Waals surface area contributed by atoms with Crippen molar-refractivity contribution in [2.24, 2.45) is 0 Å². The van der Waals surface area contributed by atoms with E-state index < -0.39 is 0 Å². The molecule has 1 amide bonds. The van der Waals surface area contributed by atoms with Crippen LogP contribution in [0.4, 0.5) is 5.69 Å². The first-order chi connectivity index (χ1) is 16.8. The highest BCUT2D eigenvalue weighted by Gasteiger charge is 2.17. The van der Waals surface area contributed by atoms with Crippen LogP contribution < -0.4 is 14.8 Å². The monoisotopic (exact) mass is 473 g/mol. The molecule has 0 unspecified atom stereocenters. The molecule has 1 N–H and O–H groups in total. The molecule has 0 radical (unpaired) electrons. The number of fused-ring (bicyclic) bond motifs is 1. The Balaban J connectivity index is 1.31. The first kappa shape index (κ1) is 22.0. The van der Waals surface area contributed by atoms with Gasteiger partial charge in [0.25, 0.3) is 0 Å². The van der Waals surface area contributed by atoms with Crippen molar-refractivity contribution < 1.29 is 14.3 Å². The van der Waals surface area contributed by atoms with Crippen LogP contribution in [-0.2, 0) is 11.3 Å². The number of aromatic nitrogens is 4. The Bertz CT molecular complexity index is 1260. The van der Waals surface area contributed by atoms with Gasteiger partial charge >= 0.3 is 0 Å². The van der Waals surface area contributed by atoms with E-state index in [-0.39, 0.29) is 11.7 Å². The first-order valence-corrected chi connectivity index (χ1v) is 11.9. The number of nitrogens with one attached hydrogen (secondary N) is 1. The third-order valence-electron chi connectivity index (χ3n) is 5.20. The Labute approximate surface area is 201 Å². The molecule has 4 aromatic rings. The van der Waals surface area contributed by atoms with E-state index in [4.69, 9.17) is 9.47 Å². The number of ether oxygens (including phenoxy) is 2. The molecule has 0 saturated carbocycles. The Hall–Kier alpha value is -3.85. The van der Waals surface area contributed by atoms with Crippen LogP contribution in [0.2, 0.25) is 0 Å². The minimum Gasteiger partial charge on any atom is -0.490 e. The van der Waals surface area contributed by atoms with Gasteiger partial charge in [-0.2, -0.15) is 0 Å². The lowest BCUT2D eigenvalue weighted by Gasteiger charge is -2.11. The largest absolute Gasteiger partial charge is 0.490 e. The third-order valence-corrected chi connectivity index (χ3v) is 6.17. The molecule has 0 saturated heterocycles. The van der Waals surface area contributed by atoms with Gasteiger partial charge in [-0.15, -0.1) is 10.2 Å². The number of hydrogen-bond acceptors (Lipinski definition) is 7. The van der Waals surface area contributed by atoms with Gasteiger partial charge in [0.05, 0.1) is 25.5 Å². The highest BCUT2D eigenvalue weighted by molar-refractivity contribution is 7.99. The van der Waals surface area contributed by atoms with Crippen molar-refractivity contribution in [3.8, 4) is 22.9 Å². The summed E-state index contributed by atoms with van der Waals surface area (Å²) < 4.78 is 13.4. The van der Waals surface area contributed by atoms with Crippen LogP contribution in [0.1, 0.15) is 12.0 Å². The molecule has 0 aliphatic carbocycles. The van der Waals surface area contributed by atoms with Gasteiger partial charge in [0, 0.05) is 36.1 Å². The number of hydrogen-bond donors (Lipinski definition) is 1. The van der Waals surface area contributed by atoms with Crippen molar-refractivity contribution in [1.82, 2.24) is 19.7 Å². The summed E-state index contributed by atoms with van der Waals surface area (Å²) in [6.07, 6.45) is 4.29. The second-order valence-electron chi connectivity index (χ2n) is 7.66. The molecule has 3 heterocycles. The van der Waals surface area contributed by atoms with Gasteiger partial charge in [-0.3, -0.25) is 14.3 Å². The summed E-state index contributed by atoms with van der Waals surface area (Å²) in [6, 6.07) is 19.3. The highest BCUT2D eigenvalue weighted by atomic mass is 32.2. The van der Waals surface area contributed by atoms with Crippen molar-refractivity contribution in [2.45, 2.75) is 18.1 Å². The minimum absolute atomic E-state index is 0.140. The molecule has 1 aliphatic heterocycles. The summed E-state index contributed by atoms with van der Waals surface area (Å²) in [5.41, 5.74) is 2.70. The summed E-state index contributed by atoms with van der Waals surface area (Å²) in [5, 5.41) is 12.4. The maximum Gasteiger partial charge on any atom is 0.234 e.